The third-order valence-corrected chi connectivity index (χ3v) is 7.04. The number of aromatic nitrogens is 1. The molecule has 3 unspecified atom stereocenters. The molecule has 160 valence electrons. The van der Waals surface area contributed by atoms with E-state index in [4.69, 9.17) is 0 Å². The lowest BCUT2D eigenvalue weighted by molar-refractivity contribution is -0.134. The molecule has 3 heterocycles. The number of carbonyl (C=O) groups excluding carboxylic acids is 2. The summed E-state index contributed by atoms with van der Waals surface area (Å²) in [6.07, 6.45) is 4.29. The molecule has 1 aliphatic carbocycles. The first-order chi connectivity index (χ1) is 14.5. The van der Waals surface area contributed by atoms with Gasteiger partial charge >= 0.3 is 0 Å². The van der Waals surface area contributed by atoms with E-state index in [9.17, 15) is 9.59 Å². The minimum Gasteiger partial charge on any atom is -0.351 e. The number of hydrogen-bond acceptors (Lipinski definition) is 4. The van der Waals surface area contributed by atoms with Gasteiger partial charge in [0.25, 0.3) is 5.91 Å². The lowest BCUT2D eigenvalue weighted by atomic mass is 9.82. The van der Waals surface area contributed by atoms with Crippen LogP contribution in [0.15, 0.2) is 18.2 Å². The van der Waals surface area contributed by atoms with Gasteiger partial charge in [0, 0.05) is 43.1 Å². The standard InChI is InChI=1S/C23H31N5O2/c1-14-11-15(2)17-13-20(24-19(17)12-14)22(30)27-7-9-28(10-8-27)23-25-18-6-4-3-5-16(18)21(29)26-23/h11-13,16,18,23-25H,3-10H2,1-2H3,(H,26,29). The summed E-state index contributed by atoms with van der Waals surface area (Å²) in [4.78, 5) is 33.1. The van der Waals surface area contributed by atoms with Gasteiger partial charge in [-0.2, -0.15) is 0 Å². The molecule has 7 nitrogen and oxygen atoms in total. The van der Waals surface area contributed by atoms with E-state index in [-0.39, 0.29) is 30.1 Å². The highest BCUT2D eigenvalue weighted by Crippen LogP contribution is 2.28. The van der Waals surface area contributed by atoms with Gasteiger partial charge in [-0.25, -0.2) is 0 Å². The second-order valence-electron chi connectivity index (χ2n) is 9.13. The lowest BCUT2D eigenvalue weighted by Gasteiger charge is -2.46. The summed E-state index contributed by atoms with van der Waals surface area (Å²) in [5, 5.41) is 7.91. The molecule has 2 amide bonds. The number of aryl methyl sites for hydroxylation is 2. The Kier molecular flexibility index (Phi) is 5.03. The smallest absolute Gasteiger partial charge is 0.270 e. The van der Waals surface area contributed by atoms with Crippen molar-refractivity contribution in [2.75, 3.05) is 26.2 Å². The summed E-state index contributed by atoms with van der Waals surface area (Å²) in [7, 11) is 0. The molecule has 0 spiro atoms. The van der Waals surface area contributed by atoms with Crippen LogP contribution in [0, 0.1) is 19.8 Å². The summed E-state index contributed by atoms with van der Waals surface area (Å²) in [6.45, 7) is 6.97. The fraction of sp³-hybridized carbons (Fsp3) is 0.565. The highest BCUT2D eigenvalue weighted by atomic mass is 16.2. The van der Waals surface area contributed by atoms with Crippen LogP contribution in [-0.4, -0.2) is 65.1 Å². The van der Waals surface area contributed by atoms with Gasteiger partial charge in [0.2, 0.25) is 5.91 Å². The first kappa shape index (κ1) is 19.6. The summed E-state index contributed by atoms with van der Waals surface area (Å²) < 4.78 is 0. The van der Waals surface area contributed by atoms with Crippen molar-refractivity contribution < 1.29 is 9.59 Å². The number of nitrogens with one attached hydrogen (secondary N) is 3. The zero-order valence-corrected chi connectivity index (χ0v) is 17.8. The Morgan fingerprint density at radius 3 is 2.60 bits per heavy atom. The molecule has 2 aromatic rings. The SMILES string of the molecule is Cc1cc(C)c2cc(C(=O)N3CCN(C4NC(=O)C5CCCCC5N4)CC3)[nH]c2c1. The van der Waals surface area contributed by atoms with E-state index < -0.39 is 0 Å². The molecular formula is C23H31N5O2. The van der Waals surface area contributed by atoms with Crippen molar-refractivity contribution in [3.63, 3.8) is 0 Å². The van der Waals surface area contributed by atoms with Gasteiger partial charge in [-0.3, -0.25) is 19.8 Å². The summed E-state index contributed by atoms with van der Waals surface area (Å²) in [5.41, 5.74) is 4.05. The van der Waals surface area contributed by atoms with Crippen LogP contribution in [0.5, 0.6) is 0 Å². The number of aromatic amines is 1. The number of piperazine rings is 1. The van der Waals surface area contributed by atoms with E-state index in [2.05, 4.69) is 46.5 Å². The molecular weight excluding hydrogens is 378 g/mol. The van der Waals surface area contributed by atoms with Gasteiger partial charge < -0.3 is 15.2 Å². The van der Waals surface area contributed by atoms with Crippen LogP contribution in [0.3, 0.4) is 0 Å². The molecule has 0 radical (unpaired) electrons. The monoisotopic (exact) mass is 409 g/mol. The van der Waals surface area contributed by atoms with E-state index in [1.54, 1.807) is 0 Å². The lowest BCUT2D eigenvalue weighted by Crippen LogP contribution is -2.69. The molecule has 2 saturated heterocycles. The van der Waals surface area contributed by atoms with Crippen molar-refractivity contribution in [3.8, 4) is 0 Å². The fourth-order valence-corrected chi connectivity index (χ4v) is 5.40. The maximum absolute atomic E-state index is 13.1. The number of fused-ring (bicyclic) bond motifs is 2. The topological polar surface area (TPSA) is 80.5 Å². The molecule has 7 heteroatoms. The Morgan fingerprint density at radius 1 is 1.03 bits per heavy atom. The van der Waals surface area contributed by atoms with Gasteiger partial charge in [-0.1, -0.05) is 18.9 Å². The van der Waals surface area contributed by atoms with Crippen molar-refractivity contribution in [1.82, 2.24) is 25.4 Å². The Labute approximate surface area is 177 Å². The third kappa shape index (κ3) is 3.50. The Hall–Kier alpha value is -2.38. The van der Waals surface area contributed by atoms with Crippen LogP contribution < -0.4 is 10.6 Å². The van der Waals surface area contributed by atoms with E-state index in [0.29, 0.717) is 18.8 Å². The van der Waals surface area contributed by atoms with Gasteiger partial charge in [0.05, 0.1) is 5.92 Å². The van der Waals surface area contributed by atoms with Crippen LogP contribution in [0.4, 0.5) is 0 Å². The van der Waals surface area contributed by atoms with Crippen LogP contribution in [0.1, 0.15) is 47.3 Å². The largest absolute Gasteiger partial charge is 0.351 e. The molecule has 0 bridgehead atoms. The number of H-pyrrole nitrogens is 1. The molecule has 3 aliphatic rings. The van der Waals surface area contributed by atoms with E-state index in [0.717, 1.165) is 43.3 Å². The van der Waals surface area contributed by atoms with Crippen molar-refractivity contribution in [2.45, 2.75) is 51.9 Å². The Morgan fingerprint density at radius 2 is 1.80 bits per heavy atom. The average Bonchev–Trinajstić information content (AvgIpc) is 3.18. The summed E-state index contributed by atoms with van der Waals surface area (Å²) in [5.74, 6) is 0.355. The zero-order chi connectivity index (χ0) is 20.8. The van der Waals surface area contributed by atoms with Gasteiger partial charge in [-0.05, 0) is 49.9 Å². The predicted molar refractivity (Wildman–Crippen MR) is 116 cm³/mol. The second-order valence-corrected chi connectivity index (χ2v) is 9.13. The van der Waals surface area contributed by atoms with Gasteiger partial charge in [0.1, 0.15) is 12.0 Å². The van der Waals surface area contributed by atoms with Gasteiger partial charge in [-0.15, -0.1) is 0 Å². The average molecular weight is 410 g/mol. The molecule has 2 aliphatic heterocycles. The zero-order valence-electron chi connectivity index (χ0n) is 17.8. The maximum Gasteiger partial charge on any atom is 0.270 e. The molecule has 1 saturated carbocycles. The third-order valence-electron chi connectivity index (χ3n) is 7.04. The van der Waals surface area contributed by atoms with Crippen molar-refractivity contribution >= 4 is 22.7 Å². The van der Waals surface area contributed by atoms with Crippen LogP contribution >= 0.6 is 0 Å². The highest BCUT2D eigenvalue weighted by molar-refractivity contribution is 5.99. The predicted octanol–water partition coefficient (Wildman–Crippen LogP) is 2.10. The van der Waals surface area contributed by atoms with Crippen LogP contribution in [-0.2, 0) is 4.79 Å². The molecule has 3 atom stereocenters. The molecule has 1 aromatic heterocycles. The molecule has 30 heavy (non-hydrogen) atoms. The first-order valence-electron chi connectivity index (χ1n) is 11.2. The van der Waals surface area contributed by atoms with E-state index in [1.165, 1.54) is 17.5 Å². The quantitative estimate of drug-likeness (QED) is 0.710. The normalized spacial score (nSPS) is 27.7. The maximum atomic E-state index is 13.1. The molecule has 5 rings (SSSR count). The van der Waals surface area contributed by atoms with E-state index >= 15 is 0 Å². The number of rotatable bonds is 2. The molecule has 3 fully saturated rings. The van der Waals surface area contributed by atoms with Crippen LogP contribution in [0.2, 0.25) is 0 Å². The number of amides is 2. The highest BCUT2D eigenvalue weighted by Gasteiger charge is 2.40. The van der Waals surface area contributed by atoms with E-state index in [1.807, 2.05) is 11.0 Å². The Bertz CT molecular complexity index is 975. The van der Waals surface area contributed by atoms with Gasteiger partial charge in [0.15, 0.2) is 0 Å². The summed E-state index contributed by atoms with van der Waals surface area (Å²) >= 11 is 0. The molecule has 1 aromatic carbocycles. The molecule has 3 N–H and O–H groups in total. The minimum atomic E-state index is -0.118. The Balaban J connectivity index is 1.23. The van der Waals surface area contributed by atoms with Crippen molar-refractivity contribution in [2.24, 2.45) is 5.92 Å². The second kappa shape index (κ2) is 7.71. The van der Waals surface area contributed by atoms with Crippen LogP contribution in [0.25, 0.3) is 10.9 Å². The van der Waals surface area contributed by atoms with Crippen molar-refractivity contribution in [3.05, 3.63) is 35.0 Å². The number of benzene rings is 1. The number of hydrogen-bond donors (Lipinski definition) is 3. The summed E-state index contributed by atoms with van der Waals surface area (Å²) in [6, 6.07) is 6.50. The number of nitrogens with zero attached hydrogens (tertiary/aromatic N) is 2. The number of carbonyl (C=O) groups is 2. The van der Waals surface area contributed by atoms with Crippen molar-refractivity contribution in [1.29, 1.82) is 0 Å². The fourth-order valence-electron chi connectivity index (χ4n) is 5.40. The minimum absolute atomic E-state index is 0.0517. The first-order valence-corrected chi connectivity index (χ1v) is 11.2.